The van der Waals surface area contributed by atoms with Crippen LogP contribution in [0, 0.1) is 0 Å². The van der Waals surface area contributed by atoms with Crippen LogP contribution in [0.1, 0.15) is 68.1 Å². The molecule has 0 aliphatic carbocycles. The maximum absolute atomic E-state index is 14.2. The van der Waals surface area contributed by atoms with Crippen molar-refractivity contribution < 1.29 is 52.4 Å². The second-order valence-electron chi connectivity index (χ2n) is 14.2. The van der Waals surface area contributed by atoms with Gasteiger partial charge in [0.15, 0.2) is 5.78 Å². The smallest absolute Gasteiger partial charge is 0.445 e. The van der Waals surface area contributed by atoms with Crippen molar-refractivity contribution >= 4 is 43.3 Å². The first kappa shape index (κ1) is 42.6. The van der Waals surface area contributed by atoms with Gasteiger partial charge in [-0.2, -0.15) is 0 Å². The van der Waals surface area contributed by atoms with E-state index >= 15 is 0 Å². The predicted octanol–water partition coefficient (Wildman–Crippen LogP) is 2.98. The Morgan fingerprint density at radius 2 is 1.47 bits per heavy atom. The van der Waals surface area contributed by atoms with E-state index in [2.05, 4.69) is 20.5 Å². The summed E-state index contributed by atoms with van der Waals surface area (Å²) in [6.07, 6.45) is 1.76. The third kappa shape index (κ3) is 13.0. The Morgan fingerprint density at radius 1 is 0.807 bits per heavy atom. The van der Waals surface area contributed by atoms with Gasteiger partial charge in [-0.15, -0.1) is 0 Å². The number of nitrogens with zero attached hydrogens (tertiary/aromatic N) is 1. The van der Waals surface area contributed by atoms with Crippen LogP contribution in [-0.4, -0.2) is 80.4 Å². The van der Waals surface area contributed by atoms with Gasteiger partial charge in [-0.05, 0) is 73.8 Å². The van der Waals surface area contributed by atoms with Crippen molar-refractivity contribution in [1.82, 2.24) is 20.9 Å². The Kier molecular flexibility index (Phi) is 15.0. The Hall–Kier alpha value is -5.57. The molecule has 3 aromatic carbocycles. The number of alkyl carbamates (subject to hydrolysis) is 1. The van der Waals surface area contributed by atoms with Gasteiger partial charge in [-0.25, -0.2) is 9.36 Å². The zero-order chi connectivity index (χ0) is 41.0. The fraction of sp³-hybridized carbons (Fsp3) is 0.400. The number of carbonyl (C=O) groups is 6. The molecule has 2 aliphatic rings. The number of ketones is 1. The van der Waals surface area contributed by atoms with Gasteiger partial charge in [-0.1, -0.05) is 72.8 Å². The predicted molar refractivity (Wildman–Crippen MR) is 206 cm³/mol. The maximum atomic E-state index is 14.2. The van der Waals surface area contributed by atoms with Gasteiger partial charge < -0.3 is 35.8 Å². The number of amides is 5. The number of hydrogen-bond acceptors (Lipinski definition) is 9. The molecule has 5 atom stereocenters. The van der Waals surface area contributed by atoms with Crippen LogP contribution in [0.5, 0.6) is 5.75 Å². The molecule has 0 saturated carbocycles. The number of primary amides is 1. The molecule has 0 bridgehead atoms. The lowest BCUT2D eigenvalue weighted by molar-refractivity contribution is -0.143. The summed E-state index contributed by atoms with van der Waals surface area (Å²) in [4.78, 5) is 99.7. The van der Waals surface area contributed by atoms with Crippen molar-refractivity contribution in [2.24, 2.45) is 5.73 Å². The lowest BCUT2D eigenvalue weighted by Gasteiger charge is -2.32. The number of hydrogen-bond donors (Lipinski definition) is 6. The van der Waals surface area contributed by atoms with Crippen molar-refractivity contribution in [2.45, 2.75) is 101 Å². The first-order valence-electron chi connectivity index (χ1n) is 18.8. The van der Waals surface area contributed by atoms with Crippen molar-refractivity contribution in [3.8, 4) is 5.75 Å². The molecular formula is C40H48N5O11P. The van der Waals surface area contributed by atoms with Gasteiger partial charge in [0, 0.05) is 25.3 Å². The normalized spacial score (nSPS) is 18.9. The van der Waals surface area contributed by atoms with Crippen molar-refractivity contribution in [3.05, 3.63) is 102 Å². The second kappa shape index (κ2) is 20.0. The highest BCUT2D eigenvalue weighted by Gasteiger charge is 2.45. The third-order valence-corrected chi connectivity index (χ3v) is 10.4. The van der Waals surface area contributed by atoms with Gasteiger partial charge in [0.25, 0.3) is 0 Å². The topological polar surface area (TPSA) is 244 Å². The molecule has 7 N–H and O–H groups in total. The summed E-state index contributed by atoms with van der Waals surface area (Å²) in [7, 11) is -4.81. The summed E-state index contributed by atoms with van der Waals surface area (Å²) in [6.45, 7) is -0.0711. The summed E-state index contributed by atoms with van der Waals surface area (Å²) in [5.41, 5.74) is 7.53. The molecule has 2 saturated heterocycles. The number of rotatable bonds is 18. The summed E-state index contributed by atoms with van der Waals surface area (Å²) < 4.78 is 21.2. The van der Waals surface area contributed by atoms with Crippen LogP contribution in [0.25, 0.3) is 0 Å². The lowest BCUT2D eigenvalue weighted by atomic mass is 9.99. The molecule has 304 valence electrons. The van der Waals surface area contributed by atoms with Crippen LogP contribution < -0.4 is 26.2 Å². The monoisotopic (exact) mass is 805 g/mol. The van der Waals surface area contributed by atoms with Crippen molar-refractivity contribution in [3.63, 3.8) is 0 Å². The highest BCUT2D eigenvalue weighted by Crippen LogP contribution is 2.37. The molecule has 0 aromatic heterocycles. The van der Waals surface area contributed by atoms with Crippen LogP contribution in [0.2, 0.25) is 0 Å². The van der Waals surface area contributed by atoms with Gasteiger partial charge in [-0.3, -0.25) is 33.8 Å². The second-order valence-corrected chi connectivity index (χ2v) is 15.4. The van der Waals surface area contributed by atoms with Crippen LogP contribution >= 0.6 is 7.82 Å². The standard InChI is InChI=1S/C40H48N5O11P/c41-36(47)23-20-31(35(46)22-16-26-8-3-1-4-9-26)42-38(49)34-21-17-29-12-7-13-32(39(50)45(29)34)43-37(48)33(44-40(51)55-25-28-10-5-2-6-11-28)24-27-14-18-30(19-15-27)56-57(52,53)54/h1-6,8-11,14-15,18-19,29,31-34H,7,12-13,16-17,20-25H2,(H2,41,47)(H,42,49)(H,43,48)(H,44,51)(H2,52,53,54)/t29?,31?,32-,33?,34-/m0/s1. The number of Topliss-reactive ketones (excluding diaryl/α,β-unsaturated/α-hetero) is 1. The lowest BCUT2D eigenvalue weighted by Crippen LogP contribution is -2.58. The van der Waals surface area contributed by atoms with E-state index in [1.165, 1.54) is 29.2 Å². The molecule has 2 fully saturated rings. The number of nitrogens with two attached hydrogens (primary N) is 1. The van der Waals surface area contributed by atoms with E-state index in [4.69, 9.17) is 20.3 Å². The number of benzene rings is 3. The van der Waals surface area contributed by atoms with E-state index in [9.17, 15) is 33.3 Å². The molecular weight excluding hydrogens is 757 g/mol. The number of nitrogens with one attached hydrogen (secondary N) is 3. The average molecular weight is 806 g/mol. The largest absolute Gasteiger partial charge is 0.524 e. The van der Waals surface area contributed by atoms with Crippen LogP contribution in [-0.2, 0) is 52.7 Å². The van der Waals surface area contributed by atoms with E-state index in [1.807, 2.05) is 36.4 Å². The van der Waals surface area contributed by atoms with E-state index in [-0.39, 0.29) is 56.3 Å². The van der Waals surface area contributed by atoms with E-state index in [1.54, 1.807) is 24.3 Å². The van der Waals surface area contributed by atoms with Crippen LogP contribution in [0.4, 0.5) is 4.79 Å². The number of carbonyl (C=O) groups excluding carboxylic acids is 6. The molecule has 2 heterocycles. The van der Waals surface area contributed by atoms with E-state index in [0.29, 0.717) is 43.2 Å². The molecule has 5 amide bonds. The fourth-order valence-corrected chi connectivity index (χ4v) is 7.55. The molecule has 2 aliphatic heterocycles. The summed E-state index contributed by atoms with van der Waals surface area (Å²) >= 11 is 0. The van der Waals surface area contributed by atoms with E-state index in [0.717, 1.165) is 5.56 Å². The molecule has 16 nitrogen and oxygen atoms in total. The fourth-order valence-electron chi connectivity index (χ4n) is 7.15. The third-order valence-electron chi connectivity index (χ3n) is 10.0. The van der Waals surface area contributed by atoms with E-state index < -0.39 is 61.7 Å². The summed E-state index contributed by atoms with van der Waals surface area (Å²) in [5, 5.41) is 8.15. The molecule has 3 aromatic rings. The van der Waals surface area contributed by atoms with Crippen molar-refractivity contribution in [2.75, 3.05) is 0 Å². The minimum atomic E-state index is -4.81. The van der Waals surface area contributed by atoms with Gasteiger partial charge >= 0.3 is 13.9 Å². The number of phosphoric acid groups is 1. The van der Waals surface area contributed by atoms with Gasteiger partial charge in [0.1, 0.15) is 30.5 Å². The Bertz CT molecular complexity index is 1930. The Balaban J connectivity index is 1.28. The van der Waals surface area contributed by atoms with Crippen molar-refractivity contribution in [1.29, 1.82) is 0 Å². The number of ether oxygens (including phenoxy) is 1. The van der Waals surface area contributed by atoms with Crippen LogP contribution in [0.15, 0.2) is 84.9 Å². The number of aryl methyl sites for hydroxylation is 1. The number of fused-ring (bicyclic) bond motifs is 1. The first-order chi connectivity index (χ1) is 27.3. The van der Waals surface area contributed by atoms with Crippen LogP contribution in [0.3, 0.4) is 0 Å². The molecule has 0 spiro atoms. The molecule has 3 unspecified atom stereocenters. The SMILES string of the molecule is NC(=O)CCC(NC(=O)[C@@H]1CCC2CCC[C@H](NC(=O)C(Cc3ccc(OP(=O)(O)O)cc3)NC(=O)OCc3ccccc3)C(=O)N21)C(=O)CCc1ccccc1. The molecule has 57 heavy (non-hydrogen) atoms. The number of phosphoric ester groups is 1. The minimum absolute atomic E-state index is 0.0130. The highest BCUT2D eigenvalue weighted by molar-refractivity contribution is 7.46. The Labute approximate surface area is 330 Å². The van der Waals surface area contributed by atoms with Gasteiger partial charge in [0.05, 0.1) is 6.04 Å². The zero-order valence-electron chi connectivity index (χ0n) is 31.3. The average Bonchev–Trinajstić information content (AvgIpc) is 3.55. The quantitative estimate of drug-likeness (QED) is 0.102. The minimum Gasteiger partial charge on any atom is -0.445 e. The van der Waals surface area contributed by atoms with Gasteiger partial charge in [0.2, 0.25) is 23.6 Å². The molecule has 17 heteroatoms. The summed E-state index contributed by atoms with van der Waals surface area (Å²) in [6, 6.07) is 19.4. The Morgan fingerprint density at radius 3 is 2.12 bits per heavy atom. The first-order valence-corrected chi connectivity index (χ1v) is 20.4. The molecule has 0 radical (unpaired) electrons. The summed E-state index contributed by atoms with van der Waals surface area (Å²) in [5.74, 6) is -2.70. The molecule has 5 rings (SSSR count). The zero-order valence-corrected chi connectivity index (χ0v) is 32.2. The highest BCUT2D eigenvalue weighted by atomic mass is 31.2. The maximum Gasteiger partial charge on any atom is 0.524 e.